The van der Waals surface area contributed by atoms with E-state index < -0.39 is 11.6 Å². The lowest BCUT2D eigenvalue weighted by molar-refractivity contribution is 0.0867. The number of fused-ring (bicyclic) bond motifs is 1. The largest absolute Gasteiger partial charge is 0.465 e. The molecule has 27 heavy (non-hydrogen) atoms. The van der Waals surface area contributed by atoms with Crippen LogP contribution in [0.15, 0.2) is 36.5 Å². The summed E-state index contributed by atoms with van der Waals surface area (Å²) < 4.78 is 1.96. The summed E-state index contributed by atoms with van der Waals surface area (Å²) in [5.74, 6) is -0.120. The molecular formula is C20H24ClN3O3. The van der Waals surface area contributed by atoms with Crippen LogP contribution in [0.4, 0.5) is 4.79 Å². The fraction of sp³-hybridized carbons (Fsp3) is 0.400. The summed E-state index contributed by atoms with van der Waals surface area (Å²) in [6, 6.07) is 9.35. The SMILES string of the molecule is CC(C)(C)N(CCC1CNC(=O)c2cc(-c3cccc(Cl)c3)cn21)C(=O)O. The van der Waals surface area contributed by atoms with Gasteiger partial charge in [-0.05, 0) is 51.0 Å². The van der Waals surface area contributed by atoms with Crippen LogP contribution < -0.4 is 5.32 Å². The summed E-state index contributed by atoms with van der Waals surface area (Å²) >= 11 is 6.09. The maximum atomic E-state index is 12.3. The number of carbonyl (C=O) groups is 2. The molecule has 0 saturated heterocycles. The quantitative estimate of drug-likeness (QED) is 0.820. The Kier molecular flexibility index (Phi) is 5.20. The Hall–Kier alpha value is -2.47. The highest BCUT2D eigenvalue weighted by atomic mass is 35.5. The van der Waals surface area contributed by atoms with E-state index in [1.165, 1.54) is 4.90 Å². The van der Waals surface area contributed by atoms with Gasteiger partial charge in [0.2, 0.25) is 0 Å². The highest BCUT2D eigenvalue weighted by molar-refractivity contribution is 6.30. The average molecular weight is 390 g/mol. The highest BCUT2D eigenvalue weighted by Gasteiger charge is 2.30. The molecule has 1 aromatic heterocycles. The lowest BCUT2D eigenvalue weighted by Crippen LogP contribution is -2.47. The number of amides is 2. The molecule has 2 aromatic rings. The molecule has 0 saturated carbocycles. The van der Waals surface area contributed by atoms with Gasteiger partial charge in [-0.3, -0.25) is 4.79 Å². The minimum absolute atomic E-state index is 0.00478. The van der Waals surface area contributed by atoms with Crippen LogP contribution in [0.3, 0.4) is 0 Å². The molecule has 1 aliphatic rings. The minimum Gasteiger partial charge on any atom is -0.465 e. The first-order chi connectivity index (χ1) is 12.7. The van der Waals surface area contributed by atoms with Gasteiger partial charge in [-0.15, -0.1) is 0 Å². The van der Waals surface area contributed by atoms with Crippen molar-refractivity contribution in [3.63, 3.8) is 0 Å². The smallest absolute Gasteiger partial charge is 0.407 e. The van der Waals surface area contributed by atoms with E-state index >= 15 is 0 Å². The second kappa shape index (κ2) is 7.27. The number of rotatable bonds is 4. The number of carboxylic acid groups (broad SMARTS) is 1. The zero-order chi connectivity index (χ0) is 19.8. The van der Waals surface area contributed by atoms with Crippen molar-refractivity contribution in [2.75, 3.05) is 13.1 Å². The third-order valence-electron chi connectivity index (χ3n) is 4.86. The highest BCUT2D eigenvalue weighted by Crippen LogP contribution is 2.30. The van der Waals surface area contributed by atoms with Gasteiger partial charge < -0.3 is 19.9 Å². The van der Waals surface area contributed by atoms with E-state index in [9.17, 15) is 14.7 Å². The molecule has 2 heterocycles. The van der Waals surface area contributed by atoms with Crippen LogP contribution in [0.5, 0.6) is 0 Å². The predicted molar refractivity (Wildman–Crippen MR) is 105 cm³/mol. The minimum atomic E-state index is -0.935. The Morgan fingerprint density at radius 2 is 2.07 bits per heavy atom. The summed E-state index contributed by atoms with van der Waals surface area (Å²) in [5.41, 5.74) is 1.96. The standard InChI is InChI=1S/C20H24ClN3O3/c1-20(2,3)24(19(26)27)8-7-16-11-22-18(25)17-10-14(12-23(16)17)13-5-4-6-15(21)9-13/h4-6,9-10,12,16H,7-8,11H2,1-3H3,(H,22,25)(H,26,27). The molecular weight excluding hydrogens is 366 g/mol. The van der Waals surface area contributed by atoms with Gasteiger partial charge in [0.1, 0.15) is 5.69 Å². The van der Waals surface area contributed by atoms with Gasteiger partial charge in [-0.2, -0.15) is 0 Å². The summed E-state index contributed by atoms with van der Waals surface area (Å²) in [4.78, 5) is 25.3. The van der Waals surface area contributed by atoms with Crippen molar-refractivity contribution in [1.82, 2.24) is 14.8 Å². The van der Waals surface area contributed by atoms with Gasteiger partial charge in [0, 0.05) is 35.4 Å². The molecule has 7 heteroatoms. The van der Waals surface area contributed by atoms with Crippen LogP contribution in [0, 0.1) is 0 Å². The Morgan fingerprint density at radius 3 is 2.70 bits per heavy atom. The number of hydrogen-bond acceptors (Lipinski definition) is 2. The van der Waals surface area contributed by atoms with Crippen LogP contribution in [-0.4, -0.2) is 45.2 Å². The molecule has 1 aliphatic heterocycles. The number of halogens is 1. The summed E-state index contributed by atoms with van der Waals surface area (Å²) in [5, 5.41) is 13.0. The molecule has 1 aromatic carbocycles. The lowest BCUT2D eigenvalue weighted by Gasteiger charge is -2.35. The van der Waals surface area contributed by atoms with Crippen LogP contribution in [-0.2, 0) is 0 Å². The first kappa shape index (κ1) is 19.3. The molecule has 2 amide bonds. The fourth-order valence-corrected chi connectivity index (χ4v) is 3.62. The van der Waals surface area contributed by atoms with Crippen LogP contribution in [0.25, 0.3) is 11.1 Å². The van der Waals surface area contributed by atoms with E-state index in [1.807, 2.05) is 61.9 Å². The molecule has 0 bridgehead atoms. The number of aromatic nitrogens is 1. The number of hydrogen-bond donors (Lipinski definition) is 2. The molecule has 0 radical (unpaired) electrons. The van der Waals surface area contributed by atoms with Crippen LogP contribution in [0.2, 0.25) is 5.02 Å². The predicted octanol–water partition coefficient (Wildman–Crippen LogP) is 4.26. The zero-order valence-corrected chi connectivity index (χ0v) is 16.5. The van der Waals surface area contributed by atoms with Gasteiger partial charge in [-0.25, -0.2) is 4.79 Å². The summed E-state index contributed by atoms with van der Waals surface area (Å²) in [6.07, 6.45) is 1.63. The van der Waals surface area contributed by atoms with Crippen molar-refractivity contribution in [2.24, 2.45) is 0 Å². The lowest BCUT2D eigenvalue weighted by atomic mass is 10.0. The molecule has 1 atom stereocenters. The molecule has 144 valence electrons. The van der Waals surface area contributed by atoms with Gasteiger partial charge in [0.05, 0.1) is 6.04 Å². The second-order valence-electron chi connectivity index (χ2n) is 7.79. The summed E-state index contributed by atoms with van der Waals surface area (Å²) in [7, 11) is 0. The average Bonchev–Trinajstić information content (AvgIpc) is 3.02. The topological polar surface area (TPSA) is 74.6 Å². The number of nitrogens with zero attached hydrogens (tertiary/aromatic N) is 2. The maximum Gasteiger partial charge on any atom is 0.407 e. The van der Waals surface area contributed by atoms with Crippen molar-refractivity contribution >= 4 is 23.6 Å². The van der Waals surface area contributed by atoms with Gasteiger partial charge in [0.25, 0.3) is 5.91 Å². The number of nitrogens with one attached hydrogen (secondary N) is 1. The first-order valence-electron chi connectivity index (χ1n) is 8.93. The van der Waals surface area contributed by atoms with E-state index in [0.29, 0.717) is 30.2 Å². The second-order valence-corrected chi connectivity index (χ2v) is 8.23. The van der Waals surface area contributed by atoms with Crippen molar-refractivity contribution in [3.8, 4) is 11.1 Å². The molecule has 0 aliphatic carbocycles. The number of benzene rings is 1. The van der Waals surface area contributed by atoms with E-state index in [4.69, 9.17) is 11.6 Å². The Balaban J connectivity index is 1.86. The van der Waals surface area contributed by atoms with E-state index in [1.54, 1.807) is 0 Å². The van der Waals surface area contributed by atoms with E-state index in [2.05, 4.69) is 5.32 Å². The Bertz CT molecular complexity index is 870. The van der Waals surface area contributed by atoms with Crippen LogP contribution >= 0.6 is 11.6 Å². The van der Waals surface area contributed by atoms with E-state index in [-0.39, 0.29) is 11.9 Å². The van der Waals surface area contributed by atoms with Crippen molar-refractivity contribution < 1.29 is 14.7 Å². The molecule has 3 rings (SSSR count). The Morgan fingerprint density at radius 1 is 1.33 bits per heavy atom. The molecule has 0 fully saturated rings. The van der Waals surface area contributed by atoms with Gasteiger partial charge in [0.15, 0.2) is 0 Å². The van der Waals surface area contributed by atoms with Crippen molar-refractivity contribution in [3.05, 3.63) is 47.2 Å². The van der Waals surface area contributed by atoms with Gasteiger partial charge >= 0.3 is 6.09 Å². The monoisotopic (exact) mass is 389 g/mol. The van der Waals surface area contributed by atoms with Crippen molar-refractivity contribution in [2.45, 2.75) is 38.8 Å². The third kappa shape index (κ3) is 4.11. The molecule has 0 spiro atoms. The van der Waals surface area contributed by atoms with Crippen molar-refractivity contribution in [1.29, 1.82) is 0 Å². The maximum absolute atomic E-state index is 12.3. The normalized spacial score (nSPS) is 16.6. The zero-order valence-electron chi connectivity index (χ0n) is 15.7. The fourth-order valence-electron chi connectivity index (χ4n) is 3.43. The Labute approximate surface area is 163 Å². The third-order valence-corrected chi connectivity index (χ3v) is 5.09. The van der Waals surface area contributed by atoms with E-state index in [0.717, 1.165) is 11.1 Å². The number of carbonyl (C=O) groups excluding carboxylic acids is 1. The first-order valence-corrected chi connectivity index (χ1v) is 9.31. The molecule has 1 unspecified atom stereocenters. The summed E-state index contributed by atoms with van der Waals surface area (Å²) in [6.45, 7) is 6.50. The van der Waals surface area contributed by atoms with Gasteiger partial charge in [-0.1, -0.05) is 23.7 Å². The molecule has 6 nitrogen and oxygen atoms in total. The molecule has 2 N–H and O–H groups in total. The van der Waals surface area contributed by atoms with Crippen LogP contribution in [0.1, 0.15) is 43.7 Å².